The first-order valence-electron chi connectivity index (χ1n) is 9.51. The highest BCUT2D eigenvalue weighted by atomic mass is 35.5. The highest BCUT2D eigenvalue weighted by Gasteiger charge is 2.24. The van der Waals surface area contributed by atoms with Crippen molar-refractivity contribution in [3.63, 3.8) is 0 Å². The molecule has 152 valence electrons. The molecule has 8 heteroatoms. The number of carbonyl (C=O) groups is 1. The SMILES string of the molecule is CCN(CC)CCN(C(=O)c1ccn(CC)n1)c1nc2c(C)cccc2s1.Cl. The molecular weight excluding hydrogens is 394 g/mol. The van der Waals surface area contributed by atoms with Crippen LogP contribution in [0.3, 0.4) is 0 Å². The zero-order valence-corrected chi connectivity index (χ0v) is 18.5. The highest BCUT2D eigenvalue weighted by molar-refractivity contribution is 7.22. The number of hydrogen-bond donors (Lipinski definition) is 0. The normalized spacial score (nSPS) is 11.0. The third-order valence-corrected chi connectivity index (χ3v) is 5.85. The molecule has 0 spiro atoms. The van der Waals surface area contributed by atoms with Gasteiger partial charge in [0.05, 0.1) is 10.2 Å². The second-order valence-electron chi connectivity index (χ2n) is 6.46. The molecule has 0 N–H and O–H groups in total. The molecule has 0 unspecified atom stereocenters. The summed E-state index contributed by atoms with van der Waals surface area (Å²) < 4.78 is 2.88. The maximum Gasteiger partial charge on any atom is 0.280 e. The zero-order valence-electron chi connectivity index (χ0n) is 16.9. The van der Waals surface area contributed by atoms with E-state index in [-0.39, 0.29) is 18.3 Å². The summed E-state index contributed by atoms with van der Waals surface area (Å²) in [5.74, 6) is -0.0916. The first-order chi connectivity index (χ1) is 13.1. The average Bonchev–Trinajstić information content (AvgIpc) is 3.32. The van der Waals surface area contributed by atoms with E-state index in [1.165, 1.54) is 0 Å². The third kappa shape index (κ3) is 4.71. The molecule has 1 amide bonds. The van der Waals surface area contributed by atoms with Gasteiger partial charge in [0.15, 0.2) is 10.8 Å². The molecule has 0 saturated heterocycles. The van der Waals surface area contributed by atoms with Crippen molar-refractivity contribution in [2.45, 2.75) is 34.2 Å². The van der Waals surface area contributed by atoms with Crippen LogP contribution in [0.1, 0.15) is 36.8 Å². The molecule has 0 bridgehead atoms. The van der Waals surface area contributed by atoms with Gasteiger partial charge in [-0.3, -0.25) is 14.4 Å². The van der Waals surface area contributed by atoms with E-state index in [4.69, 9.17) is 4.98 Å². The van der Waals surface area contributed by atoms with E-state index in [2.05, 4.69) is 42.9 Å². The molecule has 0 aliphatic carbocycles. The number of benzene rings is 1. The van der Waals surface area contributed by atoms with E-state index in [1.54, 1.807) is 27.0 Å². The number of aromatic nitrogens is 3. The Labute approximate surface area is 176 Å². The van der Waals surface area contributed by atoms with Crippen molar-refractivity contribution < 1.29 is 4.79 Å². The van der Waals surface area contributed by atoms with Crippen LogP contribution in [0.2, 0.25) is 0 Å². The topological polar surface area (TPSA) is 54.3 Å². The molecule has 3 rings (SSSR count). The monoisotopic (exact) mass is 421 g/mol. The summed E-state index contributed by atoms with van der Waals surface area (Å²) in [4.78, 5) is 22.1. The van der Waals surface area contributed by atoms with Crippen molar-refractivity contribution >= 4 is 45.0 Å². The minimum Gasteiger partial charge on any atom is -0.302 e. The van der Waals surface area contributed by atoms with Gasteiger partial charge in [-0.15, -0.1) is 12.4 Å². The van der Waals surface area contributed by atoms with Crippen LogP contribution in [0.5, 0.6) is 0 Å². The molecule has 28 heavy (non-hydrogen) atoms. The Kier molecular flexibility index (Phi) is 7.98. The second-order valence-corrected chi connectivity index (χ2v) is 7.47. The maximum absolute atomic E-state index is 13.2. The standard InChI is InChI=1S/C20H27N5OS.ClH/c1-5-23(6-2)13-14-25(19(26)16-11-12-24(7-3)22-16)20-21-18-15(4)9-8-10-17(18)27-20;/h8-12H,5-7,13-14H2,1-4H3;1H. The number of fused-ring (bicyclic) bond motifs is 1. The van der Waals surface area contributed by atoms with Gasteiger partial charge in [-0.25, -0.2) is 4.98 Å². The Morgan fingerprint density at radius 3 is 2.50 bits per heavy atom. The first kappa shape index (κ1) is 22.3. The number of carbonyl (C=O) groups excluding carboxylic acids is 1. The molecule has 3 aromatic rings. The fraction of sp³-hybridized carbons (Fsp3) is 0.450. The van der Waals surface area contributed by atoms with Crippen molar-refractivity contribution in [1.82, 2.24) is 19.7 Å². The number of aryl methyl sites for hydroxylation is 2. The lowest BCUT2D eigenvalue weighted by Crippen LogP contribution is -2.39. The van der Waals surface area contributed by atoms with Crippen molar-refractivity contribution in [3.8, 4) is 0 Å². The predicted octanol–water partition coefficient (Wildman–Crippen LogP) is 4.23. The first-order valence-corrected chi connectivity index (χ1v) is 10.3. The number of likely N-dealkylation sites (N-methyl/N-ethyl adjacent to an activating group) is 1. The van der Waals surface area contributed by atoms with Crippen LogP contribution in [0.25, 0.3) is 10.2 Å². The average molecular weight is 422 g/mol. The summed E-state index contributed by atoms with van der Waals surface area (Å²) in [6.45, 7) is 12.4. The Morgan fingerprint density at radius 2 is 1.89 bits per heavy atom. The summed E-state index contributed by atoms with van der Waals surface area (Å²) in [7, 11) is 0. The lowest BCUT2D eigenvalue weighted by Gasteiger charge is -2.24. The smallest absolute Gasteiger partial charge is 0.280 e. The van der Waals surface area contributed by atoms with Gasteiger partial charge in [0, 0.05) is 25.8 Å². The summed E-state index contributed by atoms with van der Waals surface area (Å²) in [5, 5.41) is 5.14. The van der Waals surface area contributed by atoms with Crippen LogP contribution < -0.4 is 4.90 Å². The summed E-state index contributed by atoms with van der Waals surface area (Å²) in [6, 6.07) is 7.93. The quantitative estimate of drug-likeness (QED) is 0.546. The molecule has 2 aromatic heterocycles. The number of anilines is 1. The van der Waals surface area contributed by atoms with Crippen molar-refractivity contribution in [1.29, 1.82) is 0 Å². The molecule has 0 aliphatic rings. The van der Waals surface area contributed by atoms with Gasteiger partial charge in [0.2, 0.25) is 0 Å². The second kappa shape index (κ2) is 10.0. The minimum absolute atomic E-state index is 0. The van der Waals surface area contributed by atoms with Gasteiger partial charge in [-0.05, 0) is 44.6 Å². The van der Waals surface area contributed by atoms with Crippen LogP contribution in [0.15, 0.2) is 30.5 Å². The summed E-state index contributed by atoms with van der Waals surface area (Å²) in [5.41, 5.74) is 2.56. The third-order valence-electron chi connectivity index (χ3n) is 4.80. The molecule has 0 radical (unpaired) electrons. The maximum atomic E-state index is 13.2. The molecule has 0 atom stereocenters. The molecule has 0 fully saturated rings. The largest absolute Gasteiger partial charge is 0.302 e. The van der Waals surface area contributed by atoms with Gasteiger partial charge >= 0.3 is 0 Å². The van der Waals surface area contributed by atoms with E-state index < -0.39 is 0 Å². The Hall–Kier alpha value is -1.96. The number of hydrogen-bond acceptors (Lipinski definition) is 5. The van der Waals surface area contributed by atoms with Crippen LogP contribution in [-0.2, 0) is 6.54 Å². The van der Waals surface area contributed by atoms with Crippen LogP contribution >= 0.6 is 23.7 Å². The van der Waals surface area contributed by atoms with Gasteiger partial charge in [-0.2, -0.15) is 5.10 Å². The number of thiazole rings is 1. The highest BCUT2D eigenvalue weighted by Crippen LogP contribution is 2.31. The zero-order chi connectivity index (χ0) is 19.4. The number of para-hydroxylation sites is 1. The van der Waals surface area contributed by atoms with E-state index in [0.29, 0.717) is 12.2 Å². The van der Waals surface area contributed by atoms with Crippen LogP contribution in [0, 0.1) is 6.92 Å². The van der Waals surface area contributed by atoms with Gasteiger partial charge in [0.25, 0.3) is 5.91 Å². The number of amides is 1. The summed E-state index contributed by atoms with van der Waals surface area (Å²) >= 11 is 1.56. The van der Waals surface area contributed by atoms with Gasteiger partial charge < -0.3 is 4.90 Å². The Morgan fingerprint density at radius 1 is 1.14 bits per heavy atom. The molecule has 1 aromatic carbocycles. The van der Waals surface area contributed by atoms with Crippen LogP contribution in [0.4, 0.5) is 5.13 Å². The van der Waals surface area contributed by atoms with Crippen LogP contribution in [-0.4, -0.2) is 51.8 Å². The van der Waals surface area contributed by atoms with E-state index in [9.17, 15) is 4.79 Å². The number of nitrogens with zero attached hydrogens (tertiary/aromatic N) is 5. The molecule has 2 heterocycles. The molecule has 0 saturated carbocycles. The summed E-state index contributed by atoms with van der Waals surface area (Å²) in [6.07, 6.45) is 1.85. The Bertz CT molecular complexity index is 918. The van der Waals surface area contributed by atoms with E-state index in [1.807, 2.05) is 19.2 Å². The van der Waals surface area contributed by atoms with E-state index >= 15 is 0 Å². The van der Waals surface area contributed by atoms with E-state index in [0.717, 1.165) is 47.1 Å². The minimum atomic E-state index is -0.0916. The lowest BCUT2D eigenvalue weighted by molar-refractivity contribution is 0.0978. The fourth-order valence-electron chi connectivity index (χ4n) is 3.05. The van der Waals surface area contributed by atoms with Gasteiger partial charge in [0.1, 0.15) is 0 Å². The number of rotatable bonds is 8. The van der Waals surface area contributed by atoms with Crippen molar-refractivity contribution in [3.05, 3.63) is 41.7 Å². The molecule has 0 aliphatic heterocycles. The Balaban J connectivity index is 0.00000280. The predicted molar refractivity (Wildman–Crippen MR) is 119 cm³/mol. The fourth-order valence-corrected chi connectivity index (χ4v) is 4.11. The van der Waals surface area contributed by atoms with Gasteiger partial charge in [-0.1, -0.05) is 37.3 Å². The molecule has 6 nitrogen and oxygen atoms in total. The molecular formula is C20H28ClN5OS. The lowest BCUT2D eigenvalue weighted by atomic mass is 10.2. The number of halogens is 1. The van der Waals surface area contributed by atoms with Crippen molar-refractivity contribution in [2.24, 2.45) is 0 Å². The van der Waals surface area contributed by atoms with Crippen molar-refractivity contribution in [2.75, 3.05) is 31.1 Å².